The highest BCUT2D eigenvalue weighted by atomic mass is 16.6. The number of nitro groups is 1. The highest BCUT2D eigenvalue weighted by Crippen LogP contribution is 2.38. The van der Waals surface area contributed by atoms with Gasteiger partial charge < -0.3 is 10.4 Å². The minimum absolute atomic E-state index is 0.151. The highest BCUT2D eigenvalue weighted by molar-refractivity contribution is 5.88. The molecule has 2 atom stereocenters. The second kappa shape index (κ2) is 5.21. The number of carbonyl (C=O) groups is 1. The maximum atomic E-state index is 10.9. The van der Waals surface area contributed by atoms with E-state index < -0.39 is 10.9 Å². The van der Waals surface area contributed by atoms with Crippen LogP contribution in [0.5, 0.6) is 0 Å². The number of nitrogens with one attached hydrogen (secondary N) is 1. The van der Waals surface area contributed by atoms with Crippen LogP contribution in [0.1, 0.15) is 36.5 Å². The van der Waals surface area contributed by atoms with E-state index in [4.69, 9.17) is 5.11 Å². The summed E-state index contributed by atoms with van der Waals surface area (Å²) in [4.78, 5) is 25.0. The molecule has 0 radical (unpaired) electrons. The Morgan fingerprint density at radius 1 is 1.68 bits per heavy atom. The second-order valence-corrected chi connectivity index (χ2v) is 4.69. The van der Waals surface area contributed by atoms with E-state index in [-0.39, 0.29) is 23.1 Å². The minimum atomic E-state index is -1.22. The molecule has 1 aromatic rings. The van der Waals surface area contributed by atoms with Crippen LogP contribution in [0.3, 0.4) is 0 Å². The Balaban J connectivity index is 2.16. The zero-order chi connectivity index (χ0) is 14.0. The van der Waals surface area contributed by atoms with Gasteiger partial charge in [0.15, 0.2) is 0 Å². The van der Waals surface area contributed by atoms with Gasteiger partial charge in [0.25, 0.3) is 0 Å². The number of hydrogen-bond donors (Lipinski definition) is 2. The van der Waals surface area contributed by atoms with Crippen LogP contribution in [0, 0.1) is 16.0 Å². The van der Waals surface area contributed by atoms with E-state index in [1.807, 2.05) is 0 Å². The molecular formula is C12H15N3O4. The van der Waals surface area contributed by atoms with Crippen LogP contribution in [0.25, 0.3) is 0 Å². The quantitative estimate of drug-likeness (QED) is 0.603. The van der Waals surface area contributed by atoms with E-state index >= 15 is 0 Å². The van der Waals surface area contributed by atoms with Gasteiger partial charge in [-0.25, -0.2) is 9.78 Å². The molecule has 1 heterocycles. The first kappa shape index (κ1) is 13.3. The van der Waals surface area contributed by atoms with Crippen LogP contribution >= 0.6 is 0 Å². The number of aromatic carboxylic acids is 1. The lowest BCUT2D eigenvalue weighted by Crippen LogP contribution is -2.10. The number of nitrogens with zero attached hydrogens (tertiary/aromatic N) is 2. The number of anilines is 1. The topological polar surface area (TPSA) is 105 Å². The zero-order valence-electron chi connectivity index (χ0n) is 10.5. The van der Waals surface area contributed by atoms with Crippen LogP contribution in [0.4, 0.5) is 11.5 Å². The average Bonchev–Trinajstić information content (AvgIpc) is 3.07. The Kier molecular flexibility index (Phi) is 3.64. The van der Waals surface area contributed by atoms with Gasteiger partial charge in [0, 0.05) is 18.3 Å². The maximum Gasteiger partial charge on any atom is 0.337 e. The number of carboxylic acid groups (broad SMARTS) is 1. The monoisotopic (exact) mass is 265 g/mol. The summed E-state index contributed by atoms with van der Waals surface area (Å²) in [7, 11) is 0. The molecule has 0 bridgehead atoms. The molecular weight excluding hydrogens is 250 g/mol. The third kappa shape index (κ3) is 2.98. The van der Waals surface area contributed by atoms with Gasteiger partial charge in [-0.1, -0.05) is 13.3 Å². The molecule has 7 heteroatoms. The van der Waals surface area contributed by atoms with Gasteiger partial charge in [-0.2, -0.15) is 0 Å². The van der Waals surface area contributed by atoms with Crippen molar-refractivity contribution in [1.29, 1.82) is 0 Å². The van der Waals surface area contributed by atoms with Crippen LogP contribution in [0.15, 0.2) is 12.3 Å². The molecule has 0 aromatic carbocycles. The summed E-state index contributed by atoms with van der Waals surface area (Å²) < 4.78 is 0. The van der Waals surface area contributed by atoms with Crippen LogP contribution < -0.4 is 5.32 Å². The Bertz CT molecular complexity index is 518. The number of carboxylic acids is 1. The molecule has 1 aliphatic rings. The lowest BCUT2D eigenvalue weighted by Gasteiger charge is -2.06. The van der Waals surface area contributed by atoms with Gasteiger partial charge in [-0.15, -0.1) is 0 Å². The fourth-order valence-corrected chi connectivity index (χ4v) is 2.11. The van der Waals surface area contributed by atoms with E-state index in [2.05, 4.69) is 17.2 Å². The summed E-state index contributed by atoms with van der Waals surface area (Å²) in [5.74, 6) is -0.540. The molecule has 2 unspecified atom stereocenters. The lowest BCUT2D eigenvalue weighted by atomic mass is 10.2. The summed E-state index contributed by atoms with van der Waals surface area (Å²) in [6, 6.07) is 1.25. The molecule has 0 saturated heterocycles. The molecule has 2 N–H and O–H groups in total. The molecule has 19 heavy (non-hydrogen) atoms. The maximum absolute atomic E-state index is 10.9. The smallest absolute Gasteiger partial charge is 0.337 e. The fraction of sp³-hybridized carbons (Fsp3) is 0.500. The van der Waals surface area contributed by atoms with E-state index in [1.165, 1.54) is 0 Å². The SMILES string of the molecule is CCCC1CC1Nc1ncc(C(=O)O)cc1[N+](=O)[O-]. The Morgan fingerprint density at radius 2 is 2.42 bits per heavy atom. The van der Waals surface area contributed by atoms with Gasteiger partial charge >= 0.3 is 11.7 Å². The van der Waals surface area contributed by atoms with Gasteiger partial charge in [0.1, 0.15) is 0 Å². The molecule has 1 fully saturated rings. The van der Waals surface area contributed by atoms with E-state index in [0.717, 1.165) is 31.5 Å². The van der Waals surface area contributed by atoms with Crippen molar-refractivity contribution in [1.82, 2.24) is 4.98 Å². The number of pyridine rings is 1. The molecule has 1 aromatic heterocycles. The van der Waals surface area contributed by atoms with Crippen molar-refractivity contribution in [2.45, 2.75) is 32.2 Å². The normalized spacial score (nSPS) is 20.9. The van der Waals surface area contributed by atoms with Crippen LogP contribution in [0.2, 0.25) is 0 Å². The lowest BCUT2D eigenvalue weighted by molar-refractivity contribution is -0.384. The largest absolute Gasteiger partial charge is 0.478 e. The summed E-state index contributed by atoms with van der Waals surface area (Å²) >= 11 is 0. The molecule has 7 nitrogen and oxygen atoms in total. The van der Waals surface area contributed by atoms with Crippen molar-refractivity contribution in [3.05, 3.63) is 27.9 Å². The first-order chi connectivity index (χ1) is 9.02. The van der Waals surface area contributed by atoms with E-state index in [9.17, 15) is 14.9 Å². The molecule has 0 amide bonds. The summed E-state index contributed by atoms with van der Waals surface area (Å²) in [5.41, 5.74) is -0.472. The average molecular weight is 265 g/mol. The Morgan fingerprint density at radius 3 is 3.00 bits per heavy atom. The number of hydrogen-bond acceptors (Lipinski definition) is 5. The van der Waals surface area contributed by atoms with Crippen LogP contribution in [-0.2, 0) is 0 Å². The summed E-state index contributed by atoms with van der Waals surface area (Å²) in [5, 5.41) is 22.8. The minimum Gasteiger partial charge on any atom is -0.478 e. The number of rotatable bonds is 6. The number of aromatic nitrogens is 1. The van der Waals surface area contributed by atoms with E-state index in [0.29, 0.717) is 5.92 Å². The Labute approximate surface area is 109 Å². The zero-order valence-corrected chi connectivity index (χ0v) is 10.5. The summed E-state index contributed by atoms with van der Waals surface area (Å²) in [6.45, 7) is 2.09. The van der Waals surface area contributed by atoms with Crippen LogP contribution in [-0.4, -0.2) is 27.0 Å². The van der Waals surface area contributed by atoms with Crippen molar-refractivity contribution >= 4 is 17.5 Å². The molecule has 1 aliphatic carbocycles. The highest BCUT2D eigenvalue weighted by Gasteiger charge is 2.37. The first-order valence-corrected chi connectivity index (χ1v) is 6.17. The fourth-order valence-electron chi connectivity index (χ4n) is 2.11. The predicted octanol–water partition coefficient (Wildman–Crippen LogP) is 2.29. The molecule has 0 aliphatic heterocycles. The van der Waals surface area contributed by atoms with Gasteiger partial charge in [0.2, 0.25) is 5.82 Å². The standard InChI is InChI=1S/C12H15N3O4/c1-2-3-7-4-9(7)14-11-10(15(18)19)5-8(6-13-11)12(16)17/h5-7,9H,2-4H2,1H3,(H,13,14)(H,16,17). The molecule has 1 saturated carbocycles. The molecule has 102 valence electrons. The Hall–Kier alpha value is -2.18. The van der Waals surface area contributed by atoms with E-state index in [1.54, 1.807) is 0 Å². The van der Waals surface area contributed by atoms with Gasteiger partial charge in [-0.05, 0) is 18.8 Å². The third-order valence-electron chi connectivity index (χ3n) is 3.22. The van der Waals surface area contributed by atoms with Crippen molar-refractivity contribution in [2.75, 3.05) is 5.32 Å². The van der Waals surface area contributed by atoms with Gasteiger partial charge in [0.05, 0.1) is 10.5 Å². The third-order valence-corrected chi connectivity index (χ3v) is 3.22. The van der Waals surface area contributed by atoms with Crippen molar-refractivity contribution < 1.29 is 14.8 Å². The molecule has 2 rings (SSSR count). The van der Waals surface area contributed by atoms with Crippen molar-refractivity contribution in [2.24, 2.45) is 5.92 Å². The summed E-state index contributed by atoms with van der Waals surface area (Å²) in [6.07, 6.45) is 4.28. The molecule has 0 spiro atoms. The predicted molar refractivity (Wildman–Crippen MR) is 68.3 cm³/mol. The first-order valence-electron chi connectivity index (χ1n) is 6.17. The van der Waals surface area contributed by atoms with Crippen molar-refractivity contribution in [3.8, 4) is 0 Å². The second-order valence-electron chi connectivity index (χ2n) is 4.69. The van der Waals surface area contributed by atoms with Gasteiger partial charge in [-0.3, -0.25) is 10.1 Å². The van der Waals surface area contributed by atoms with Crippen molar-refractivity contribution in [3.63, 3.8) is 0 Å².